The summed E-state index contributed by atoms with van der Waals surface area (Å²) in [5.74, 6) is -2.00. The van der Waals surface area contributed by atoms with Crippen molar-refractivity contribution in [2.45, 2.75) is 25.6 Å². The summed E-state index contributed by atoms with van der Waals surface area (Å²) < 4.78 is 13.4. The molecule has 8 heteroatoms. The number of ether oxygens (including phenoxy) is 3. The van der Waals surface area contributed by atoms with Crippen molar-refractivity contribution in [1.82, 2.24) is 5.32 Å². The molecule has 0 radical (unpaired) electrons. The van der Waals surface area contributed by atoms with Crippen molar-refractivity contribution in [2.24, 2.45) is 0 Å². The molecule has 0 aliphatic carbocycles. The van der Waals surface area contributed by atoms with E-state index in [1.54, 1.807) is 0 Å². The number of rotatable bonds is 3. The van der Waals surface area contributed by atoms with Gasteiger partial charge in [-0.25, -0.2) is 9.59 Å². The highest BCUT2D eigenvalue weighted by Gasteiger charge is 2.35. The third kappa shape index (κ3) is 3.44. The maximum Gasteiger partial charge on any atom is 0.509 e. The van der Waals surface area contributed by atoms with Crippen LogP contribution in [0, 0.1) is 0 Å². The normalized spacial score (nSPS) is 20.5. The van der Waals surface area contributed by atoms with Gasteiger partial charge >= 0.3 is 12.1 Å². The van der Waals surface area contributed by atoms with Crippen LogP contribution in [0.1, 0.15) is 13.3 Å². The summed E-state index contributed by atoms with van der Waals surface area (Å²) >= 11 is 0. The molecule has 0 aromatic carbocycles. The van der Waals surface area contributed by atoms with Gasteiger partial charge in [-0.2, -0.15) is 0 Å². The second kappa shape index (κ2) is 5.28. The van der Waals surface area contributed by atoms with Crippen molar-refractivity contribution < 1.29 is 33.4 Å². The van der Waals surface area contributed by atoms with Crippen LogP contribution in [0.15, 0.2) is 0 Å². The van der Waals surface area contributed by atoms with Gasteiger partial charge in [0.2, 0.25) is 5.91 Å². The van der Waals surface area contributed by atoms with Crippen LogP contribution >= 0.6 is 0 Å². The van der Waals surface area contributed by atoms with E-state index >= 15 is 0 Å². The molecule has 0 saturated carbocycles. The van der Waals surface area contributed by atoms with Crippen molar-refractivity contribution >= 4 is 23.9 Å². The number of methoxy groups -OCH3 is 1. The predicted molar refractivity (Wildman–Crippen MR) is 50.6 cm³/mol. The minimum Gasteiger partial charge on any atom is -0.466 e. The second-order valence-corrected chi connectivity index (χ2v) is 3.26. The van der Waals surface area contributed by atoms with Gasteiger partial charge in [0.15, 0.2) is 12.2 Å². The fraction of sp³-hybridized carbons (Fsp3) is 0.556. The molecule has 1 saturated heterocycles. The van der Waals surface area contributed by atoms with Gasteiger partial charge in [-0.05, 0) is 6.92 Å². The zero-order valence-electron chi connectivity index (χ0n) is 9.22. The molecule has 1 unspecified atom stereocenters. The highest BCUT2D eigenvalue weighted by atomic mass is 16.7. The number of carbonyl (C=O) groups excluding carboxylic acids is 4. The van der Waals surface area contributed by atoms with Gasteiger partial charge < -0.3 is 14.2 Å². The minimum absolute atomic E-state index is 0.249. The molecule has 1 aliphatic heterocycles. The van der Waals surface area contributed by atoms with Crippen LogP contribution in [-0.4, -0.2) is 43.3 Å². The van der Waals surface area contributed by atoms with Gasteiger partial charge in [-0.3, -0.25) is 14.9 Å². The molecule has 1 N–H and O–H groups in total. The minimum atomic E-state index is -1.21. The van der Waals surface area contributed by atoms with Crippen molar-refractivity contribution in [3.05, 3.63) is 0 Å². The third-order valence-corrected chi connectivity index (χ3v) is 1.97. The Morgan fingerprint density at radius 3 is 2.53 bits per heavy atom. The van der Waals surface area contributed by atoms with Crippen LogP contribution < -0.4 is 5.32 Å². The Morgan fingerprint density at radius 2 is 2.06 bits per heavy atom. The first-order valence-corrected chi connectivity index (χ1v) is 4.73. The van der Waals surface area contributed by atoms with E-state index in [0.717, 1.165) is 7.11 Å². The molecule has 1 rings (SSSR count). The van der Waals surface area contributed by atoms with E-state index in [9.17, 15) is 19.2 Å². The summed E-state index contributed by atoms with van der Waals surface area (Å²) in [7, 11) is 1.14. The van der Waals surface area contributed by atoms with Gasteiger partial charge in [0.25, 0.3) is 5.91 Å². The van der Waals surface area contributed by atoms with Crippen molar-refractivity contribution in [1.29, 1.82) is 0 Å². The quantitative estimate of drug-likeness (QED) is 0.507. The first kappa shape index (κ1) is 12.9. The fourth-order valence-corrected chi connectivity index (χ4v) is 1.13. The summed E-state index contributed by atoms with van der Waals surface area (Å²) in [6.45, 7) is 1.28. The smallest absolute Gasteiger partial charge is 0.466 e. The fourth-order valence-electron chi connectivity index (χ4n) is 1.13. The predicted octanol–water partition coefficient (Wildman–Crippen LogP) is -0.884. The van der Waals surface area contributed by atoms with Gasteiger partial charge in [0.05, 0.1) is 13.5 Å². The number of imide groups is 1. The lowest BCUT2D eigenvalue weighted by Gasteiger charge is -2.12. The molecule has 8 nitrogen and oxygen atoms in total. The first-order chi connectivity index (χ1) is 7.93. The average molecular weight is 245 g/mol. The van der Waals surface area contributed by atoms with Crippen LogP contribution in [0.4, 0.5) is 4.79 Å². The maximum absolute atomic E-state index is 11.1. The van der Waals surface area contributed by atoms with Crippen LogP contribution in [-0.2, 0) is 28.6 Å². The monoisotopic (exact) mass is 245 g/mol. The standard InChI is InChI=1S/C9H11NO7/c1-4(8(13)15-2)16-9(14)17-5-3-6(11)10-7(5)12/h4-5H,3H2,1-2H3,(H,10,11,12)/t4?,5-/m1/s1. The third-order valence-electron chi connectivity index (χ3n) is 1.97. The first-order valence-electron chi connectivity index (χ1n) is 4.73. The van der Waals surface area contributed by atoms with E-state index in [-0.39, 0.29) is 6.42 Å². The average Bonchev–Trinajstić information content (AvgIpc) is 2.55. The van der Waals surface area contributed by atoms with E-state index < -0.39 is 36.1 Å². The molecular formula is C9H11NO7. The van der Waals surface area contributed by atoms with Gasteiger partial charge in [0.1, 0.15) is 0 Å². The van der Waals surface area contributed by atoms with Crippen LogP contribution in [0.5, 0.6) is 0 Å². The summed E-state index contributed by atoms with van der Waals surface area (Å²) in [6, 6.07) is 0. The number of hydrogen-bond acceptors (Lipinski definition) is 7. The Kier molecular flexibility index (Phi) is 4.02. The van der Waals surface area contributed by atoms with Crippen LogP contribution in [0.2, 0.25) is 0 Å². The number of esters is 1. The summed E-state index contributed by atoms with van der Waals surface area (Å²) in [5, 5.41) is 1.96. The molecule has 0 aromatic rings. The van der Waals surface area contributed by atoms with E-state index in [4.69, 9.17) is 0 Å². The number of hydrogen-bond donors (Lipinski definition) is 1. The highest BCUT2D eigenvalue weighted by Crippen LogP contribution is 2.08. The lowest BCUT2D eigenvalue weighted by Crippen LogP contribution is -2.31. The topological polar surface area (TPSA) is 108 Å². The summed E-state index contributed by atoms with van der Waals surface area (Å²) in [4.78, 5) is 43.9. The zero-order chi connectivity index (χ0) is 13.0. The summed E-state index contributed by atoms with van der Waals surface area (Å²) in [5.41, 5.74) is 0. The lowest BCUT2D eigenvalue weighted by molar-refractivity contribution is -0.151. The molecule has 94 valence electrons. The number of carbonyl (C=O) groups is 4. The largest absolute Gasteiger partial charge is 0.509 e. The van der Waals surface area contributed by atoms with Crippen LogP contribution in [0.25, 0.3) is 0 Å². The number of nitrogens with one attached hydrogen (secondary N) is 1. The second-order valence-electron chi connectivity index (χ2n) is 3.26. The Bertz CT molecular complexity index is 364. The molecule has 1 heterocycles. The lowest BCUT2D eigenvalue weighted by atomic mass is 10.3. The molecule has 2 atom stereocenters. The van der Waals surface area contributed by atoms with Crippen LogP contribution in [0.3, 0.4) is 0 Å². The van der Waals surface area contributed by atoms with E-state index in [1.165, 1.54) is 6.92 Å². The molecule has 2 amide bonds. The Morgan fingerprint density at radius 1 is 1.41 bits per heavy atom. The van der Waals surface area contributed by atoms with E-state index in [1.807, 2.05) is 5.32 Å². The molecule has 0 aromatic heterocycles. The molecule has 1 fully saturated rings. The summed E-state index contributed by atoms with van der Waals surface area (Å²) in [6.07, 6.45) is -3.81. The number of amides is 2. The molecule has 0 spiro atoms. The van der Waals surface area contributed by atoms with Crippen molar-refractivity contribution in [3.8, 4) is 0 Å². The van der Waals surface area contributed by atoms with E-state index in [2.05, 4.69) is 14.2 Å². The Balaban J connectivity index is 2.42. The van der Waals surface area contributed by atoms with Crippen molar-refractivity contribution in [2.75, 3.05) is 7.11 Å². The SMILES string of the molecule is COC(=O)C(C)OC(=O)O[C@@H]1CC(=O)NC1=O. The molecule has 17 heavy (non-hydrogen) atoms. The molecule has 0 bridgehead atoms. The van der Waals surface area contributed by atoms with Gasteiger partial charge in [0, 0.05) is 0 Å². The molecular weight excluding hydrogens is 234 g/mol. The van der Waals surface area contributed by atoms with Gasteiger partial charge in [-0.1, -0.05) is 0 Å². The Labute approximate surface area is 96.2 Å². The Hall–Kier alpha value is -2.12. The van der Waals surface area contributed by atoms with Crippen molar-refractivity contribution in [3.63, 3.8) is 0 Å². The maximum atomic E-state index is 11.1. The molecule has 1 aliphatic rings. The van der Waals surface area contributed by atoms with Gasteiger partial charge in [-0.15, -0.1) is 0 Å². The highest BCUT2D eigenvalue weighted by molar-refractivity contribution is 6.05. The van der Waals surface area contributed by atoms with E-state index in [0.29, 0.717) is 0 Å². The zero-order valence-corrected chi connectivity index (χ0v) is 9.22.